The molecule has 1 aromatic rings. The molecule has 2 rings (SSSR count). The number of thioether (sulfide) groups is 1. The summed E-state index contributed by atoms with van der Waals surface area (Å²) in [4.78, 5) is 12.1. The van der Waals surface area contributed by atoms with E-state index in [0.717, 1.165) is 24.2 Å². The highest BCUT2D eigenvalue weighted by molar-refractivity contribution is 8.02. The Kier molecular flexibility index (Phi) is 6.19. The minimum Gasteiger partial charge on any atom is -0.494 e. The quantitative estimate of drug-likeness (QED) is 0.769. The van der Waals surface area contributed by atoms with Gasteiger partial charge in [0.2, 0.25) is 0 Å². The standard InChI is InChI=1S/C17H23NO3S/c1-4-6-12(3)21-17(19)15-11-22-16(18-15)13-7-9-14(10-8-13)20-5-2/h7-12,16,18H,4-6H2,1-3H3. The monoisotopic (exact) mass is 321 g/mol. The third-order valence-electron chi connectivity index (χ3n) is 3.33. The molecule has 2 atom stereocenters. The highest BCUT2D eigenvalue weighted by atomic mass is 32.2. The van der Waals surface area contributed by atoms with E-state index in [0.29, 0.717) is 12.3 Å². The van der Waals surface area contributed by atoms with Crippen molar-refractivity contribution in [3.8, 4) is 5.75 Å². The molecule has 4 nitrogen and oxygen atoms in total. The Labute approximate surface area is 136 Å². The van der Waals surface area contributed by atoms with E-state index in [1.165, 1.54) is 0 Å². The molecule has 22 heavy (non-hydrogen) atoms. The Morgan fingerprint density at radius 2 is 2.05 bits per heavy atom. The maximum absolute atomic E-state index is 12.1. The Morgan fingerprint density at radius 3 is 2.68 bits per heavy atom. The molecule has 0 amide bonds. The highest BCUT2D eigenvalue weighted by Gasteiger charge is 2.24. The van der Waals surface area contributed by atoms with E-state index in [-0.39, 0.29) is 17.4 Å². The van der Waals surface area contributed by atoms with Gasteiger partial charge in [-0.1, -0.05) is 25.5 Å². The number of carbonyl (C=O) groups is 1. The smallest absolute Gasteiger partial charge is 0.355 e. The number of rotatable bonds is 7. The first-order chi connectivity index (χ1) is 10.6. The predicted octanol–water partition coefficient (Wildman–Crippen LogP) is 3.99. The second-order valence-electron chi connectivity index (χ2n) is 5.20. The zero-order valence-corrected chi connectivity index (χ0v) is 14.1. The van der Waals surface area contributed by atoms with Gasteiger partial charge in [-0.3, -0.25) is 0 Å². The highest BCUT2D eigenvalue weighted by Crippen LogP contribution is 2.35. The van der Waals surface area contributed by atoms with E-state index in [4.69, 9.17) is 9.47 Å². The van der Waals surface area contributed by atoms with Crippen molar-refractivity contribution in [3.05, 3.63) is 40.9 Å². The van der Waals surface area contributed by atoms with Crippen LogP contribution < -0.4 is 10.1 Å². The summed E-state index contributed by atoms with van der Waals surface area (Å²) < 4.78 is 10.8. The van der Waals surface area contributed by atoms with Gasteiger partial charge in [0, 0.05) is 5.41 Å². The number of carbonyl (C=O) groups excluding carboxylic acids is 1. The van der Waals surface area contributed by atoms with Crippen molar-refractivity contribution in [2.45, 2.75) is 45.1 Å². The fourth-order valence-electron chi connectivity index (χ4n) is 2.23. The summed E-state index contributed by atoms with van der Waals surface area (Å²) >= 11 is 1.58. The molecule has 0 spiro atoms. The zero-order chi connectivity index (χ0) is 15.9. The molecule has 5 heteroatoms. The molecule has 1 aromatic carbocycles. The lowest BCUT2D eigenvalue weighted by Crippen LogP contribution is -2.24. The van der Waals surface area contributed by atoms with Crippen LogP contribution in [0.3, 0.4) is 0 Å². The van der Waals surface area contributed by atoms with Crippen LogP contribution in [0.4, 0.5) is 0 Å². The van der Waals surface area contributed by atoms with Gasteiger partial charge in [0.25, 0.3) is 0 Å². The summed E-state index contributed by atoms with van der Waals surface area (Å²) in [6, 6.07) is 7.91. The maximum Gasteiger partial charge on any atom is 0.355 e. The third kappa shape index (κ3) is 4.44. The van der Waals surface area contributed by atoms with Crippen LogP contribution in [0.2, 0.25) is 0 Å². The summed E-state index contributed by atoms with van der Waals surface area (Å²) in [6.45, 7) is 6.62. The molecule has 0 saturated heterocycles. The molecule has 1 aliphatic heterocycles. The van der Waals surface area contributed by atoms with E-state index in [1.807, 2.05) is 43.5 Å². The van der Waals surface area contributed by atoms with E-state index in [1.54, 1.807) is 11.8 Å². The zero-order valence-electron chi connectivity index (χ0n) is 13.3. The first kappa shape index (κ1) is 16.7. The lowest BCUT2D eigenvalue weighted by atomic mass is 10.2. The van der Waals surface area contributed by atoms with Gasteiger partial charge in [-0.25, -0.2) is 4.79 Å². The molecule has 0 saturated carbocycles. The summed E-state index contributed by atoms with van der Waals surface area (Å²) in [7, 11) is 0. The third-order valence-corrected chi connectivity index (χ3v) is 4.36. The Bertz CT molecular complexity index is 527. The molecule has 2 unspecified atom stereocenters. The number of ether oxygens (including phenoxy) is 2. The molecule has 0 aliphatic carbocycles. The van der Waals surface area contributed by atoms with Gasteiger partial charge >= 0.3 is 5.97 Å². The van der Waals surface area contributed by atoms with Crippen LogP contribution >= 0.6 is 11.8 Å². The molecular formula is C17H23NO3S. The van der Waals surface area contributed by atoms with Crippen molar-refractivity contribution in [1.29, 1.82) is 0 Å². The first-order valence-corrected chi connectivity index (χ1v) is 8.64. The normalized spacial score (nSPS) is 18.3. The second-order valence-corrected chi connectivity index (χ2v) is 6.18. The number of esters is 1. The molecular weight excluding hydrogens is 298 g/mol. The van der Waals surface area contributed by atoms with Gasteiger partial charge in [-0.05, 0) is 38.0 Å². The summed E-state index contributed by atoms with van der Waals surface area (Å²) in [5.74, 6) is 0.581. The number of hydrogen-bond donors (Lipinski definition) is 1. The average Bonchev–Trinajstić information content (AvgIpc) is 2.98. The van der Waals surface area contributed by atoms with Crippen LogP contribution in [0.25, 0.3) is 0 Å². The molecule has 0 radical (unpaired) electrons. The largest absolute Gasteiger partial charge is 0.494 e. The van der Waals surface area contributed by atoms with Crippen molar-refractivity contribution < 1.29 is 14.3 Å². The molecule has 1 heterocycles. The van der Waals surface area contributed by atoms with Gasteiger partial charge in [-0.2, -0.15) is 0 Å². The van der Waals surface area contributed by atoms with E-state index < -0.39 is 0 Å². The van der Waals surface area contributed by atoms with Gasteiger partial charge < -0.3 is 14.8 Å². The molecule has 1 aliphatic rings. The SMILES string of the molecule is CCCC(C)OC(=O)C1=CSC(c2ccc(OCC)cc2)N1. The first-order valence-electron chi connectivity index (χ1n) is 7.70. The van der Waals surface area contributed by atoms with Crippen molar-refractivity contribution in [3.63, 3.8) is 0 Å². The fraction of sp³-hybridized carbons (Fsp3) is 0.471. The van der Waals surface area contributed by atoms with Crippen LogP contribution in [0.1, 0.15) is 44.6 Å². The van der Waals surface area contributed by atoms with Crippen molar-refractivity contribution in [2.24, 2.45) is 0 Å². The average molecular weight is 321 g/mol. The molecule has 1 N–H and O–H groups in total. The lowest BCUT2D eigenvalue weighted by molar-refractivity contribution is -0.144. The van der Waals surface area contributed by atoms with Gasteiger partial charge in [-0.15, -0.1) is 11.8 Å². The number of nitrogens with one attached hydrogen (secondary N) is 1. The molecule has 0 bridgehead atoms. The Balaban J connectivity index is 1.89. The molecule has 0 fully saturated rings. The van der Waals surface area contributed by atoms with Crippen LogP contribution in [-0.2, 0) is 9.53 Å². The van der Waals surface area contributed by atoms with E-state index in [9.17, 15) is 4.79 Å². The fourth-order valence-corrected chi connectivity index (χ4v) is 3.18. The summed E-state index contributed by atoms with van der Waals surface area (Å²) in [5.41, 5.74) is 1.64. The predicted molar refractivity (Wildman–Crippen MR) is 89.6 cm³/mol. The maximum atomic E-state index is 12.1. The van der Waals surface area contributed by atoms with Crippen LogP contribution in [-0.4, -0.2) is 18.7 Å². The minimum atomic E-state index is -0.276. The van der Waals surface area contributed by atoms with Crippen molar-refractivity contribution >= 4 is 17.7 Å². The minimum absolute atomic E-state index is 0.0414. The Hall–Kier alpha value is -1.62. The molecule has 120 valence electrons. The van der Waals surface area contributed by atoms with E-state index in [2.05, 4.69) is 12.2 Å². The van der Waals surface area contributed by atoms with Crippen LogP contribution in [0, 0.1) is 0 Å². The van der Waals surface area contributed by atoms with E-state index >= 15 is 0 Å². The van der Waals surface area contributed by atoms with Crippen molar-refractivity contribution in [2.75, 3.05) is 6.61 Å². The second kappa shape index (κ2) is 8.13. The van der Waals surface area contributed by atoms with Crippen molar-refractivity contribution in [1.82, 2.24) is 5.32 Å². The van der Waals surface area contributed by atoms with Crippen LogP contribution in [0.15, 0.2) is 35.4 Å². The number of hydrogen-bond acceptors (Lipinski definition) is 5. The van der Waals surface area contributed by atoms with Crippen LogP contribution in [0.5, 0.6) is 5.75 Å². The Morgan fingerprint density at radius 1 is 1.32 bits per heavy atom. The lowest BCUT2D eigenvalue weighted by Gasteiger charge is -2.15. The number of benzene rings is 1. The summed E-state index contributed by atoms with van der Waals surface area (Å²) in [5, 5.41) is 5.09. The molecule has 0 aromatic heterocycles. The van der Waals surface area contributed by atoms with Gasteiger partial charge in [0.1, 0.15) is 16.8 Å². The topological polar surface area (TPSA) is 47.6 Å². The van der Waals surface area contributed by atoms with Gasteiger partial charge in [0.15, 0.2) is 0 Å². The summed E-state index contributed by atoms with van der Waals surface area (Å²) in [6.07, 6.45) is 1.84. The van der Waals surface area contributed by atoms with Gasteiger partial charge in [0.05, 0.1) is 12.7 Å².